The first-order chi connectivity index (χ1) is 8.69. The third kappa shape index (κ3) is 2.86. The fourth-order valence-electron chi connectivity index (χ4n) is 1.58. The summed E-state index contributed by atoms with van der Waals surface area (Å²) in [7, 11) is 0. The molecule has 0 amide bonds. The molecule has 0 radical (unpaired) electrons. The lowest BCUT2D eigenvalue weighted by Crippen LogP contribution is -1.90. The van der Waals surface area contributed by atoms with E-state index in [-0.39, 0.29) is 0 Å². The molecule has 1 aromatic carbocycles. The molecule has 2 aromatic rings. The fraction of sp³-hybridized carbons (Fsp3) is 0.200. The van der Waals surface area contributed by atoms with Gasteiger partial charge >= 0.3 is 0 Å². The molecule has 0 aliphatic rings. The Kier molecular flexibility index (Phi) is 3.59. The molecular weight excluding hydrogens is 224 g/mol. The molecular formula is C15H14N2O. The van der Waals surface area contributed by atoms with Crippen LogP contribution in [0.25, 0.3) is 0 Å². The van der Waals surface area contributed by atoms with Gasteiger partial charge in [-0.3, -0.25) is 0 Å². The van der Waals surface area contributed by atoms with E-state index >= 15 is 0 Å². The second kappa shape index (κ2) is 5.33. The molecule has 0 saturated carbocycles. The van der Waals surface area contributed by atoms with Gasteiger partial charge in [0.1, 0.15) is 23.3 Å². The number of nitriles is 1. The van der Waals surface area contributed by atoms with Crippen LogP contribution in [0.3, 0.4) is 0 Å². The smallest absolute Gasteiger partial charge is 0.145 e. The molecule has 1 heterocycles. The molecule has 0 saturated heterocycles. The number of hydrogen-bond acceptors (Lipinski definition) is 3. The van der Waals surface area contributed by atoms with Gasteiger partial charge < -0.3 is 4.74 Å². The van der Waals surface area contributed by atoms with Crippen molar-refractivity contribution in [2.75, 3.05) is 0 Å². The van der Waals surface area contributed by atoms with E-state index in [1.807, 2.05) is 24.3 Å². The molecule has 0 bridgehead atoms. The van der Waals surface area contributed by atoms with Crippen LogP contribution < -0.4 is 4.74 Å². The zero-order valence-electron chi connectivity index (χ0n) is 10.4. The summed E-state index contributed by atoms with van der Waals surface area (Å²) in [4.78, 5) is 3.96. The van der Waals surface area contributed by atoms with Crippen molar-refractivity contribution in [1.29, 1.82) is 5.26 Å². The Labute approximate surface area is 107 Å². The molecule has 0 spiro atoms. The number of ether oxygens (including phenoxy) is 1. The molecule has 0 atom stereocenters. The number of rotatable bonds is 3. The van der Waals surface area contributed by atoms with Gasteiger partial charge in [-0.15, -0.1) is 0 Å². The van der Waals surface area contributed by atoms with Crippen LogP contribution in [0.4, 0.5) is 0 Å². The zero-order valence-corrected chi connectivity index (χ0v) is 10.4. The lowest BCUT2D eigenvalue weighted by Gasteiger charge is -2.09. The molecule has 1 aromatic heterocycles. The first-order valence-corrected chi connectivity index (χ1v) is 5.83. The second-order valence-corrected chi connectivity index (χ2v) is 4.32. The molecule has 3 nitrogen and oxygen atoms in total. The van der Waals surface area contributed by atoms with Crippen LogP contribution in [-0.2, 0) is 0 Å². The normalized spacial score (nSPS) is 10.1. The van der Waals surface area contributed by atoms with E-state index in [2.05, 4.69) is 24.9 Å². The van der Waals surface area contributed by atoms with Crippen LogP contribution in [0.2, 0.25) is 0 Å². The van der Waals surface area contributed by atoms with E-state index in [0.29, 0.717) is 17.4 Å². The van der Waals surface area contributed by atoms with Gasteiger partial charge in [0.05, 0.1) is 6.20 Å². The molecule has 0 fully saturated rings. The first kappa shape index (κ1) is 12.1. The van der Waals surface area contributed by atoms with E-state index < -0.39 is 0 Å². The van der Waals surface area contributed by atoms with Crippen molar-refractivity contribution in [3.8, 4) is 17.6 Å². The summed E-state index contributed by atoms with van der Waals surface area (Å²) in [6.45, 7) is 4.28. The topological polar surface area (TPSA) is 45.9 Å². The van der Waals surface area contributed by atoms with E-state index in [0.717, 1.165) is 5.75 Å². The summed E-state index contributed by atoms with van der Waals surface area (Å²) in [6, 6.07) is 13.3. The summed E-state index contributed by atoms with van der Waals surface area (Å²) in [6.07, 6.45) is 1.56. The van der Waals surface area contributed by atoms with Crippen molar-refractivity contribution in [3.05, 3.63) is 53.9 Å². The summed E-state index contributed by atoms with van der Waals surface area (Å²) in [5.41, 5.74) is 1.62. The Hall–Kier alpha value is -2.34. The van der Waals surface area contributed by atoms with Gasteiger partial charge in [-0.25, -0.2) is 4.98 Å². The van der Waals surface area contributed by atoms with Crippen LogP contribution in [-0.4, -0.2) is 4.98 Å². The zero-order chi connectivity index (χ0) is 13.0. The summed E-state index contributed by atoms with van der Waals surface area (Å²) in [5.74, 6) is 1.88. The SMILES string of the molecule is CC(C)c1cccc(Oc2ccc(C#N)nc2)c1. The number of aromatic nitrogens is 1. The van der Waals surface area contributed by atoms with Crippen LogP contribution in [0.1, 0.15) is 31.0 Å². The Balaban J connectivity index is 2.18. The molecule has 0 unspecified atom stereocenters. The minimum absolute atomic E-state index is 0.387. The minimum atomic E-state index is 0.387. The Morgan fingerprint density at radius 2 is 2.00 bits per heavy atom. The Morgan fingerprint density at radius 1 is 1.17 bits per heavy atom. The highest BCUT2D eigenvalue weighted by Gasteiger charge is 2.02. The van der Waals surface area contributed by atoms with Crippen LogP contribution in [0, 0.1) is 11.3 Å². The first-order valence-electron chi connectivity index (χ1n) is 5.83. The van der Waals surface area contributed by atoms with Gasteiger partial charge in [0.15, 0.2) is 0 Å². The lowest BCUT2D eigenvalue weighted by atomic mass is 10.0. The van der Waals surface area contributed by atoms with Gasteiger partial charge in [-0.1, -0.05) is 26.0 Å². The minimum Gasteiger partial charge on any atom is -0.456 e. The van der Waals surface area contributed by atoms with Crippen molar-refractivity contribution in [1.82, 2.24) is 4.98 Å². The average molecular weight is 238 g/mol. The standard InChI is InChI=1S/C15H14N2O/c1-11(2)12-4-3-5-14(8-12)18-15-7-6-13(9-16)17-10-15/h3-8,10-11H,1-2H3. The molecule has 0 aliphatic carbocycles. The summed E-state index contributed by atoms with van der Waals surface area (Å²) < 4.78 is 5.70. The van der Waals surface area contributed by atoms with Crippen molar-refractivity contribution in [2.45, 2.75) is 19.8 Å². The van der Waals surface area contributed by atoms with Gasteiger partial charge in [0.2, 0.25) is 0 Å². The predicted octanol–water partition coefficient (Wildman–Crippen LogP) is 3.87. The molecule has 2 rings (SSSR count). The highest BCUT2D eigenvalue weighted by atomic mass is 16.5. The number of benzene rings is 1. The summed E-state index contributed by atoms with van der Waals surface area (Å²) >= 11 is 0. The lowest BCUT2D eigenvalue weighted by molar-refractivity contribution is 0.479. The van der Waals surface area contributed by atoms with Crippen molar-refractivity contribution >= 4 is 0 Å². The summed E-state index contributed by atoms with van der Waals surface area (Å²) in [5, 5.41) is 8.66. The predicted molar refractivity (Wildman–Crippen MR) is 69.6 cm³/mol. The number of pyridine rings is 1. The Bertz CT molecular complexity index is 568. The molecule has 18 heavy (non-hydrogen) atoms. The van der Waals surface area contributed by atoms with Gasteiger partial charge in [0, 0.05) is 0 Å². The molecule has 0 aliphatic heterocycles. The van der Waals surface area contributed by atoms with Crippen molar-refractivity contribution < 1.29 is 4.74 Å². The van der Waals surface area contributed by atoms with Gasteiger partial charge in [0.25, 0.3) is 0 Å². The third-order valence-corrected chi connectivity index (χ3v) is 2.61. The quantitative estimate of drug-likeness (QED) is 0.815. The number of nitrogens with zero attached hydrogens (tertiary/aromatic N) is 2. The van der Waals surface area contributed by atoms with Gasteiger partial charge in [-0.05, 0) is 35.7 Å². The van der Waals surface area contributed by atoms with Crippen LogP contribution >= 0.6 is 0 Å². The van der Waals surface area contributed by atoms with Crippen molar-refractivity contribution in [3.63, 3.8) is 0 Å². The molecule has 0 N–H and O–H groups in total. The van der Waals surface area contributed by atoms with Crippen LogP contribution in [0.15, 0.2) is 42.6 Å². The highest BCUT2D eigenvalue weighted by molar-refractivity contribution is 5.35. The third-order valence-electron chi connectivity index (χ3n) is 2.61. The monoisotopic (exact) mass is 238 g/mol. The molecule has 90 valence electrons. The van der Waals surface area contributed by atoms with E-state index in [4.69, 9.17) is 10.00 Å². The van der Waals surface area contributed by atoms with E-state index in [9.17, 15) is 0 Å². The van der Waals surface area contributed by atoms with E-state index in [1.54, 1.807) is 18.3 Å². The second-order valence-electron chi connectivity index (χ2n) is 4.32. The maximum atomic E-state index is 8.66. The Morgan fingerprint density at radius 3 is 2.61 bits per heavy atom. The van der Waals surface area contributed by atoms with Crippen molar-refractivity contribution in [2.24, 2.45) is 0 Å². The average Bonchev–Trinajstić information content (AvgIpc) is 2.40. The van der Waals surface area contributed by atoms with Gasteiger partial charge in [-0.2, -0.15) is 5.26 Å². The maximum Gasteiger partial charge on any atom is 0.145 e. The maximum absolute atomic E-state index is 8.66. The van der Waals surface area contributed by atoms with Crippen LogP contribution in [0.5, 0.6) is 11.5 Å². The number of hydrogen-bond donors (Lipinski definition) is 0. The fourth-order valence-corrected chi connectivity index (χ4v) is 1.58. The highest BCUT2D eigenvalue weighted by Crippen LogP contribution is 2.24. The van der Waals surface area contributed by atoms with E-state index in [1.165, 1.54) is 5.56 Å². The largest absolute Gasteiger partial charge is 0.456 e. The molecule has 3 heteroatoms.